The van der Waals surface area contributed by atoms with Crippen molar-refractivity contribution in [3.05, 3.63) is 47.4 Å². The van der Waals surface area contributed by atoms with Gasteiger partial charge in [0.05, 0.1) is 11.3 Å². The van der Waals surface area contributed by atoms with Crippen molar-refractivity contribution >= 4 is 56.5 Å². The van der Waals surface area contributed by atoms with Crippen molar-refractivity contribution in [2.45, 2.75) is 120 Å². The quantitative estimate of drug-likeness (QED) is 0.213. The highest BCUT2D eigenvalue weighted by Crippen LogP contribution is 2.48. The lowest BCUT2D eigenvalue weighted by Crippen LogP contribution is -2.59. The number of sulfonamides is 1. The van der Waals surface area contributed by atoms with Gasteiger partial charge in [-0.3, -0.25) is 19.1 Å². The van der Waals surface area contributed by atoms with E-state index in [-0.39, 0.29) is 25.3 Å². The van der Waals surface area contributed by atoms with E-state index in [2.05, 4.69) is 25.3 Å². The van der Waals surface area contributed by atoms with Crippen LogP contribution in [0.15, 0.2) is 47.4 Å². The minimum atomic E-state index is -4.92. The highest BCUT2D eigenvalue weighted by molar-refractivity contribution is 7.91. The molecule has 2 saturated carbocycles. The van der Waals surface area contributed by atoms with Crippen molar-refractivity contribution in [2.24, 2.45) is 17.8 Å². The van der Waals surface area contributed by atoms with Gasteiger partial charge in [0.1, 0.15) is 50.9 Å². The standard InChI is InChI=1S/C40H48F3N7O8S3/c1-22-8-6-7-9-24-20-39(24,35(53)49-61(55,56)38(5)10-11-38)48-31(51)29-19-26(57-25-17-27(32-44-12-14-59-32)46-28(18-25)33-45-13-15-60-33)21-50(29)34(52)30(23(2)16-22)47-36(54)58-37(3,4)40(41,42)43/h7,9,12-15,17-18,22-24,26,29-30H,6,8,10-11,16,19-21H2,1-5H3,(H,47,54)(H,48,51)(H,49,53)/b9-7-/t22-,23-,24-,26-,29+,30+,39-/m1/s1. The Hall–Kier alpha value is -4.63. The van der Waals surface area contributed by atoms with Crippen LogP contribution in [0.2, 0.25) is 0 Å². The summed E-state index contributed by atoms with van der Waals surface area (Å²) >= 11 is 2.71. The Kier molecular flexibility index (Phi) is 12.1. The molecular formula is C40H48F3N7O8S3. The molecule has 4 amide bonds. The van der Waals surface area contributed by atoms with Crippen LogP contribution in [0.3, 0.4) is 0 Å². The number of halogens is 3. The van der Waals surface area contributed by atoms with Crippen molar-refractivity contribution < 1.29 is 50.2 Å². The van der Waals surface area contributed by atoms with Gasteiger partial charge in [-0.15, -0.1) is 22.7 Å². The monoisotopic (exact) mass is 907 g/mol. The van der Waals surface area contributed by atoms with Gasteiger partial charge in [0.25, 0.3) is 5.91 Å². The molecule has 330 valence electrons. The average Bonchev–Trinajstić information content (AvgIpc) is 3.73. The lowest BCUT2D eigenvalue weighted by atomic mass is 9.88. The minimum absolute atomic E-state index is 0.0443. The number of amides is 4. The first-order chi connectivity index (χ1) is 28.6. The topological polar surface area (TPSA) is 199 Å². The number of hydrogen-bond donors (Lipinski definition) is 3. The first-order valence-electron chi connectivity index (χ1n) is 20.0. The van der Waals surface area contributed by atoms with E-state index < -0.39 is 85.9 Å². The number of aromatic nitrogens is 3. The Labute approximate surface area is 359 Å². The highest BCUT2D eigenvalue weighted by atomic mass is 32.2. The van der Waals surface area contributed by atoms with Gasteiger partial charge in [-0.1, -0.05) is 26.0 Å². The number of carbonyl (C=O) groups is 4. The SMILES string of the molecule is C[C@@H]1CC/C=C\[C@@H]2C[C@@]2(C(=O)NS(=O)(=O)C2(C)CC2)NC(=O)[C@@H]2C[C@@H](Oc3cc(-c4nccs4)nc(-c4nccs4)c3)CN2C(=O)[C@@H](NC(=O)OC(C)(C)C(F)(F)F)[C@H](C)C1. The molecule has 0 aromatic carbocycles. The molecule has 0 bridgehead atoms. The Bertz CT molecular complexity index is 2230. The number of alkyl carbamates (subject to hydrolysis) is 1. The third kappa shape index (κ3) is 9.42. The van der Waals surface area contributed by atoms with Crippen LogP contribution in [-0.2, 0) is 29.1 Å². The normalized spacial score (nSPS) is 28.6. The molecule has 2 aliphatic heterocycles. The van der Waals surface area contributed by atoms with E-state index in [4.69, 9.17) is 14.5 Å². The number of carbonyl (C=O) groups excluding carboxylic acids is 4. The summed E-state index contributed by atoms with van der Waals surface area (Å²) in [5.74, 6) is -3.38. The van der Waals surface area contributed by atoms with E-state index in [1.54, 1.807) is 48.3 Å². The number of rotatable bonds is 9. The van der Waals surface area contributed by atoms with Crippen molar-refractivity contribution in [1.29, 1.82) is 0 Å². The van der Waals surface area contributed by atoms with Crippen LogP contribution in [0.1, 0.15) is 79.6 Å². The molecule has 21 heteroatoms. The summed E-state index contributed by atoms with van der Waals surface area (Å²) in [6.45, 7) is 6.34. The van der Waals surface area contributed by atoms with Crippen LogP contribution in [-0.4, -0.2) is 98.9 Å². The first kappa shape index (κ1) is 44.4. The Morgan fingerprint density at radius 3 is 2.23 bits per heavy atom. The van der Waals surface area contributed by atoms with Crippen molar-refractivity contribution in [3.63, 3.8) is 0 Å². The van der Waals surface area contributed by atoms with E-state index in [1.807, 2.05) is 13.0 Å². The molecule has 15 nitrogen and oxygen atoms in total. The fourth-order valence-electron chi connectivity index (χ4n) is 7.73. The van der Waals surface area contributed by atoms with Crippen LogP contribution in [0.25, 0.3) is 21.4 Å². The smallest absolute Gasteiger partial charge is 0.427 e. The molecule has 5 heterocycles. The van der Waals surface area contributed by atoms with Crippen LogP contribution >= 0.6 is 22.7 Å². The van der Waals surface area contributed by atoms with Crippen LogP contribution < -0.4 is 20.1 Å². The summed E-state index contributed by atoms with van der Waals surface area (Å²) in [5.41, 5.74) is -3.57. The van der Waals surface area contributed by atoms with E-state index in [1.165, 1.54) is 34.5 Å². The van der Waals surface area contributed by atoms with Crippen molar-refractivity contribution in [3.8, 4) is 27.2 Å². The molecule has 7 atom stereocenters. The summed E-state index contributed by atoms with van der Waals surface area (Å²) in [6.07, 6.45) is 1.90. The van der Waals surface area contributed by atoms with Gasteiger partial charge in [0.2, 0.25) is 27.4 Å². The van der Waals surface area contributed by atoms with Gasteiger partial charge in [-0.05, 0) is 71.1 Å². The van der Waals surface area contributed by atoms with Gasteiger partial charge >= 0.3 is 12.3 Å². The first-order valence-corrected chi connectivity index (χ1v) is 23.3. The summed E-state index contributed by atoms with van der Waals surface area (Å²) in [6, 6.07) is 0.562. The number of nitrogens with one attached hydrogen (secondary N) is 3. The molecule has 3 fully saturated rings. The maximum absolute atomic E-state index is 14.9. The molecule has 61 heavy (non-hydrogen) atoms. The molecule has 3 aromatic rings. The Balaban J connectivity index is 1.23. The molecule has 4 aliphatic rings. The van der Waals surface area contributed by atoms with Crippen LogP contribution in [0.4, 0.5) is 18.0 Å². The molecule has 0 unspecified atom stereocenters. The lowest BCUT2D eigenvalue weighted by Gasteiger charge is -2.34. The Morgan fingerprint density at radius 2 is 1.66 bits per heavy atom. The third-order valence-corrected chi connectivity index (χ3v) is 15.7. The zero-order chi connectivity index (χ0) is 44.1. The van der Waals surface area contributed by atoms with Crippen molar-refractivity contribution in [2.75, 3.05) is 6.54 Å². The number of alkyl halides is 3. The second-order valence-corrected chi connectivity index (χ2v) is 21.2. The number of ether oxygens (including phenoxy) is 2. The fourth-order valence-corrected chi connectivity index (χ4v) is 10.2. The van der Waals surface area contributed by atoms with Gasteiger partial charge < -0.3 is 25.0 Å². The van der Waals surface area contributed by atoms with E-state index in [9.17, 15) is 40.8 Å². The zero-order valence-corrected chi connectivity index (χ0v) is 36.6. The maximum Gasteiger partial charge on any atom is 0.427 e. The molecular weight excluding hydrogens is 860 g/mol. The second-order valence-electron chi connectivity index (χ2n) is 17.2. The number of thiazole rings is 2. The molecule has 2 aliphatic carbocycles. The molecule has 1 saturated heterocycles. The zero-order valence-electron chi connectivity index (χ0n) is 34.2. The third-order valence-electron chi connectivity index (χ3n) is 12.0. The van der Waals surface area contributed by atoms with E-state index in [0.29, 0.717) is 73.1 Å². The molecule has 7 rings (SSSR count). The number of hydrogen-bond acceptors (Lipinski definition) is 13. The predicted octanol–water partition coefficient (Wildman–Crippen LogP) is 6.00. The maximum atomic E-state index is 14.9. The number of allylic oxidation sites excluding steroid dienone is 1. The van der Waals surface area contributed by atoms with E-state index in [0.717, 1.165) is 0 Å². The van der Waals surface area contributed by atoms with E-state index >= 15 is 0 Å². The largest absolute Gasteiger partial charge is 0.488 e. The van der Waals surface area contributed by atoms with Crippen LogP contribution in [0, 0.1) is 17.8 Å². The lowest BCUT2D eigenvalue weighted by molar-refractivity contribution is -0.244. The molecule has 0 radical (unpaired) electrons. The number of pyridine rings is 1. The fraction of sp³-hybridized carbons (Fsp3) is 0.575. The summed E-state index contributed by atoms with van der Waals surface area (Å²) in [4.78, 5) is 71.3. The summed E-state index contributed by atoms with van der Waals surface area (Å²) in [5, 5.41) is 9.99. The van der Waals surface area contributed by atoms with Crippen LogP contribution in [0.5, 0.6) is 5.75 Å². The van der Waals surface area contributed by atoms with Crippen molar-refractivity contribution in [1.82, 2.24) is 35.2 Å². The predicted molar refractivity (Wildman–Crippen MR) is 220 cm³/mol. The molecule has 0 spiro atoms. The number of nitrogens with zero attached hydrogens (tertiary/aromatic N) is 4. The van der Waals surface area contributed by atoms with Gasteiger partial charge in [0.15, 0.2) is 0 Å². The number of fused-ring (bicyclic) bond motifs is 2. The van der Waals surface area contributed by atoms with Gasteiger partial charge in [-0.2, -0.15) is 13.2 Å². The molecule has 3 N–H and O–H groups in total. The Morgan fingerprint density at radius 1 is 1.02 bits per heavy atom. The molecule has 3 aromatic heterocycles. The van der Waals surface area contributed by atoms with Gasteiger partial charge in [0, 0.05) is 47.6 Å². The second kappa shape index (κ2) is 16.6. The van der Waals surface area contributed by atoms with Gasteiger partial charge in [-0.25, -0.2) is 28.2 Å². The summed E-state index contributed by atoms with van der Waals surface area (Å²) in [7, 11) is -4.09. The minimum Gasteiger partial charge on any atom is -0.488 e. The average molecular weight is 908 g/mol. The highest BCUT2D eigenvalue weighted by Gasteiger charge is 2.63. The summed E-state index contributed by atoms with van der Waals surface area (Å²) < 4.78 is 80.3.